The predicted molar refractivity (Wildman–Crippen MR) is 102 cm³/mol. The summed E-state index contributed by atoms with van der Waals surface area (Å²) in [6.07, 6.45) is 12.3. The molecule has 4 aliphatic rings. The standard InChI is InChI=1S/C22H37NO3/c1-20(24)10-11-22(14-26-3)15(12-20)4-6-17-18-7-5-16(13-23-25)21(18,2)9-8-19(17)22/h13,15-19,24-25H,4-12,14H2,1-3H3/b23-13+/t15-,16+,17-,18-,19-,20+,21+,22+/m0/s1. The summed E-state index contributed by atoms with van der Waals surface area (Å²) in [4.78, 5) is 0. The van der Waals surface area contributed by atoms with E-state index in [9.17, 15) is 5.11 Å². The van der Waals surface area contributed by atoms with Gasteiger partial charge in [-0.05, 0) is 99.2 Å². The number of hydrogen-bond donors (Lipinski definition) is 2. The molecule has 8 atom stereocenters. The van der Waals surface area contributed by atoms with Gasteiger partial charge in [-0.15, -0.1) is 5.16 Å². The van der Waals surface area contributed by atoms with Crippen molar-refractivity contribution in [2.75, 3.05) is 13.7 Å². The number of oxime groups is 1. The summed E-state index contributed by atoms with van der Waals surface area (Å²) < 4.78 is 5.82. The molecule has 0 aromatic heterocycles. The molecule has 0 bridgehead atoms. The molecule has 4 rings (SSSR count). The Labute approximate surface area is 158 Å². The van der Waals surface area contributed by atoms with Crippen LogP contribution in [0.25, 0.3) is 0 Å². The highest BCUT2D eigenvalue weighted by Gasteiger charge is 2.62. The van der Waals surface area contributed by atoms with Crippen LogP contribution >= 0.6 is 0 Å². The van der Waals surface area contributed by atoms with Crippen molar-refractivity contribution in [3.8, 4) is 0 Å². The summed E-state index contributed by atoms with van der Waals surface area (Å²) >= 11 is 0. The number of methoxy groups -OCH3 is 1. The number of fused-ring (bicyclic) bond motifs is 5. The zero-order valence-corrected chi connectivity index (χ0v) is 16.8. The van der Waals surface area contributed by atoms with Crippen LogP contribution in [0, 0.1) is 40.4 Å². The fourth-order valence-corrected chi connectivity index (χ4v) is 8.15. The fourth-order valence-electron chi connectivity index (χ4n) is 8.15. The van der Waals surface area contributed by atoms with Crippen molar-refractivity contribution < 1.29 is 15.1 Å². The van der Waals surface area contributed by atoms with Crippen LogP contribution in [-0.4, -0.2) is 35.8 Å². The van der Waals surface area contributed by atoms with Crippen molar-refractivity contribution in [1.29, 1.82) is 0 Å². The van der Waals surface area contributed by atoms with E-state index in [1.807, 2.05) is 20.2 Å². The van der Waals surface area contributed by atoms with Gasteiger partial charge < -0.3 is 15.1 Å². The van der Waals surface area contributed by atoms with Gasteiger partial charge in [-0.2, -0.15) is 0 Å². The second-order valence-electron chi connectivity index (χ2n) is 10.5. The lowest BCUT2D eigenvalue weighted by Gasteiger charge is -2.62. The third-order valence-electron chi connectivity index (χ3n) is 9.39. The van der Waals surface area contributed by atoms with E-state index in [2.05, 4.69) is 12.1 Å². The van der Waals surface area contributed by atoms with Crippen LogP contribution in [0.2, 0.25) is 0 Å². The summed E-state index contributed by atoms with van der Waals surface area (Å²) in [5.41, 5.74) is 0.0764. The van der Waals surface area contributed by atoms with E-state index < -0.39 is 5.60 Å². The summed E-state index contributed by atoms with van der Waals surface area (Å²) in [6, 6.07) is 0. The molecule has 148 valence electrons. The van der Waals surface area contributed by atoms with Crippen LogP contribution in [0.1, 0.15) is 71.6 Å². The first-order chi connectivity index (χ1) is 12.4. The van der Waals surface area contributed by atoms with Gasteiger partial charge in [-0.1, -0.05) is 6.92 Å². The molecule has 0 aromatic carbocycles. The number of ether oxygens (including phenoxy) is 1. The molecule has 2 N–H and O–H groups in total. The first-order valence-electron chi connectivity index (χ1n) is 10.8. The Balaban J connectivity index is 1.64. The highest BCUT2D eigenvalue weighted by Crippen LogP contribution is 2.67. The highest BCUT2D eigenvalue weighted by atomic mass is 16.5. The van der Waals surface area contributed by atoms with Crippen LogP contribution in [0.15, 0.2) is 5.16 Å². The van der Waals surface area contributed by atoms with Crippen molar-refractivity contribution in [1.82, 2.24) is 0 Å². The van der Waals surface area contributed by atoms with Gasteiger partial charge in [0.05, 0.1) is 12.2 Å². The first-order valence-corrected chi connectivity index (χ1v) is 10.8. The highest BCUT2D eigenvalue weighted by molar-refractivity contribution is 5.62. The van der Waals surface area contributed by atoms with Gasteiger partial charge in [0, 0.05) is 19.2 Å². The Bertz CT molecular complexity index is 562. The molecule has 26 heavy (non-hydrogen) atoms. The minimum absolute atomic E-state index is 0.268. The van der Waals surface area contributed by atoms with E-state index in [1.165, 1.54) is 38.5 Å². The van der Waals surface area contributed by atoms with Gasteiger partial charge in [0.1, 0.15) is 0 Å². The van der Waals surface area contributed by atoms with Crippen molar-refractivity contribution in [3.05, 3.63) is 0 Å². The Kier molecular flexibility index (Phi) is 4.67. The van der Waals surface area contributed by atoms with Crippen molar-refractivity contribution in [2.24, 2.45) is 45.6 Å². The lowest BCUT2D eigenvalue weighted by molar-refractivity contribution is -0.172. The van der Waals surface area contributed by atoms with Gasteiger partial charge in [-0.25, -0.2) is 0 Å². The third-order valence-corrected chi connectivity index (χ3v) is 9.39. The average molecular weight is 364 g/mol. The SMILES string of the molecule is COC[C@]12CC[C@@](C)(O)C[C@@H]1CC[C@H]1[C@@H]3CC[C@H](/C=N/O)[C@@]3(C)CC[C@@H]12. The second kappa shape index (κ2) is 6.48. The zero-order chi connectivity index (χ0) is 18.6. The van der Waals surface area contributed by atoms with E-state index in [1.54, 1.807) is 0 Å². The maximum absolute atomic E-state index is 10.7. The molecule has 0 saturated heterocycles. The largest absolute Gasteiger partial charge is 0.411 e. The van der Waals surface area contributed by atoms with Crippen molar-refractivity contribution in [2.45, 2.75) is 77.2 Å². The van der Waals surface area contributed by atoms with Crippen LogP contribution in [-0.2, 0) is 4.74 Å². The molecule has 0 unspecified atom stereocenters. The first kappa shape index (κ1) is 18.7. The average Bonchev–Trinajstić information content (AvgIpc) is 2.92. The zero-order valence-electron chi connectivity index (χ0n) is 16.8. The molecule has 0 amide bonds. The Morgan fingerprint density at radius 2 is 1.85 bits per heavy atom. The maximum Gasteiger partial charge on any atom is 0.0622 e. The van der Waals surface area contributed by atoms with E-state index >= 15 is 0 Å². The lowest BCUT2D eigenvalue weighted by Crippen LogP contribution is -2.58. The van der Waals surface area contributed by atoms with Crippen molar-refractivity contribution in [3.63, 3.8) is 0 Å². The number of rotatable bonds is 3. The van der Waals surface area contributed by atoms with E-state index in [0.29, 0.717) is 17.3 Å². The van der Waals surface area contributed by atoms with E-state index in [0.717, 1.165) is 43.6 Å². The minimum atomic E-state index is -0.492. The Morgan fingerprint density at radius 3 is 2.58 bits per heavy atom. The number of aliphatic hydroxyl groups is 1. The van der Waals surface area contributed by atoms with Gasteiger partial charge in [0.25, 0.3) is 0 Å². The summed E-state index contributed by atoms with van der Waals surface area (Å²) in [5.74, 6) is 3.30. The van der Waals surface area contributed by atoms with Gasteiger partial charge >= 0.3 is 0 Å². The molecule has 0 heterocycles. The molecule has 0 spiro atoms. The molecule has 4 saturated carbocycles. The van der Waals surface area contributed by atoms with Gasteiger partial charge in [0.2, 0.25) is 0 Å². The summed E-state index contributed by atoms with van der Waals surface area (Å²) in [5, 5.41) is 23.2. The lowest BCUT2D eigenvalue weighted by atomic mass is 9.43. The van der Waals surface area contributed by atoms with Gasteiger partial charge in [-0.3, -0.25) is 0 Å². The molecule has 4 fully saturated rings. The summed E-state index contributed by atoms with van der Waals surface area (Å²) in [7, 11) is 1.86. The normalized spacial score (nSPS) is 53.9. The molecule has 4 nitrogen and oxygen atoms in total. The molecule has 0 aliphatic heterocycles. The van der Waals surface area contributed by atoms with Crippen LogP contribution in [0.5, 0.6) is 0 Å². The molecular formula is C22H37NO3. The van der Waals surface area contributed by atoms with Crippen LogP contribution in [0.3, 0.4) is 0 Å². The van der Waals surface area contributed by atoms with E-state index in [-0.39, 0.29) is 5.41 Å². The molecule has 4 aliphatic carbocycles. The third kappa shape index (κ3) is 2.66. The Hall–Kier alpha value is -0.610. The Morgan fingerprint density at radius 1 is 1.04 bits per heavy atom. The molecule has 0 aromatic rings. The number of nitrogens with zero attached hydrogens (tertiary/aromatic N) is 1. The molecule has 4 heteroatoms. The summed E-state index contributed by atoms with van der Waals surface area (Å²) in [6.45, 7) is 5.34. The molecule has 0 radical (unpaired) electrons. The monoisotopic (exact) mass is 363 g/mol. The van der Waals surface area contributed by atoms with Crippen LogP contribution < -0.4 is 0 Å². The minimum Gasteiger partial charge on any atom is -0.411 e. The molecular weight excluding hydrogens is 326 g/mol. The number of hydrogen-bond acceptors (Lipinski definition) is 4. The van der Waals surface area contributed by atoms with Gasteiger partial charge in [0.15, 0.2) is 0 Å². The van der Waals surface area contributed by atoms with E-state index in [4.69, 9.17) is 9.94 Å². The fraction of sp³-hybridized carbons (Fsp3) is 0.955. The predicted octanol–water partition coefficient (Wildman–Crippen LogP) is 4.48. The quantitative estimate of drug-likeness (QED) is 0.441. The topological polar surface area (TPSA) is 62.0 Å². The smallest absolute Gasteiger partial charge is 0.0622 e. The second-order valence-corrected chi connectivity index (χ2v) is 10.5. The van der Waals surface area contributed by atoms with Crippen LogP contribution in [0.4, 0.5) is 0 Å². The van der Waals surface area contributed by atoms with Crippen molar-refractivity contribution >= 4 is 6.21 Å². The maximum atomic E-state index is 10.7.